The van der Waals surface area contributed by atoms with E-state index in [4.69, 9.17) is 35.5 Å². The second-order valence-corrected chi connectivity index (χ2v) is 9.83. The molecule has 2 aliphatic heterocycles. The van der Waals surface area contributed by atoms with Crippen LogP contribution < -0.4 is 29.1 Å². The molecule has 0 aliphatic carbocycles. The van der Waals surface area contributed by atoms with E-state index >= 15 is 0 Å². The van der Waals surface area contributed by atoms with Crippen molar-refractivity contribution in [3.05, 3.63) is 83.5 Å². The van der Waals surface area contributed by atoms with Crippen molar-refractivity contribution in [2.45, 2.75) is 32.7 Å². The lowest BCUT2D eigenvalue weighted by Crippen LogP contribution is -2.40. The number of aromatic nitrogens is 1. The van der Waals surface area contributed by atoms with Crippen LogP contribution in [0.15, 0.2) is 57.5 Å². The minimum Gasteiger partial charge on any atom is -0.497 e. The van der Waals surface area contributed by atoms with Gasteiger partial charge >= 0.3 is 5.97 Å². The predicted molar refractivity (Wildman–Crippen MR) is 140 cm³/mol. The Morgan fingerprint density at radius 3 is 2.76 bits per heavy atom. The third-order valence-electron chi connectivity index (χ3n) is 6.08. The van der Waals surface area contributed by atoms with Crippen molar-refractivity contribution in [3.63, 3.8) is 0 Å². The van der Waals surface area contributed by atoms with Crippen LogP contribution in [0.25, 0.3) is 6.08 Å². The molecule has 0 radical (unpaired) electrons. The molecule has 5 rings (SSSR count). The molecule has 37 heavy (non-hydrogen) atoms. The lowest BCUT2D eigenvalue weighted by atomic mass is 9.94. The van der Waals surface area contributed by atoms with E-state index in [0.717, 1.165) is 12.0 Å². The maximum Gasteiger partial charge on any atom is 0.338 e. The number of benzene rings is 2. The van der Waals surface area contributed by atoms with Gasteiger partial charge in [0.05, 0.1) is 40.6 Å². The van der Waals surface area contributed by atoms with Gasteiger partial charge in [-0.3, -0.25) is 9.36 Å². The van der Waals surface area contributed by atoms with Gasteiger partial charge in [-0.2, -0.15) is 0 Å². The predicted octanol–water partition coefficient (Wildman–Crippen LogP) is 3.97. The van der Waals surface area contributed by atoms with Crippen LogP contribution in [-0.4, -0.2) is 31.0 Å². The first-order chi connectivity index (χ1) is 17.9. The average Bonchev–Trinajstić information content (AvgIpc) is 3.47. The summed E-state index contributed by atoms with van der Waals surface area (Å²) in [4.78, 5) is 32.4. The number of hydrogen-bond donors (Lipinski definition) is 0. The SMILES string of the molecule is CCCC1=C(C(=O)OCC)[C@@H](c2cccc(OC)c2)n2c(s/c(=C\c3cc4c(cc3Cl)OCO4)c2=O)=N1. The molecule has 0 spiro atoms. The van der Waals surface area contributed by atoms with Gasteiger partial charge in [0.1, 0.15) is 5.75 Å². The number of fused-ring (bicyclic) bond motifs is 2. The number of allylic oxidation sites excluding steroid dienone is 1. The van der Waals surface area contributed by atoms with Gasteiger partial charge in [-0.25, -0.2) is 9.79 Å². The van der Waals surface area contributed by atoms with Crippen molar-refractivity contribution >= 4 is 35.0 Å². The van der Waals surface area contributed by atoms with E-state index in [1.54, 1.807) is 36.8 Å². The largest absolute Gasteiger partial charge is 0.497 e. The summed E-state index contributed by atoms with van der Waals surface area (Å²) in [5, 5.41) is 0.429. The lowest BCUT2D eigenvalue weighted by molar-refractivity contribution is -0.139. The summed E-state index contributed by atoms with van der Waals surface area (Å²) in [5.41, 5.74) is 2.02. The second-order valence-electron chi connectivity index (χ2n) is 8.42. The topological polar surface area (TPSA) is 88.4 Å². The number of methoxy groups -OCH3 is 1. The van der Waals surface area contributed by atoms with E-state index in [2.05, 4.69) is 0 Å². The first-order valence-corrected chi connectivity index (χ1v) is 13.1. The first-order valence-electron chi connectivity index (χ1n) is 11.9. The molecule has 2 aromatic carbocycles. The Labute approximate surface area is 222 Å². The summed E-state index contributed by atoms with van der Waals surface area (Å²) in [6.45, 7) is 4.10. The van der Waals surface area contributed by atoms with Crippen molar-refractivity contribution in [1.29, 1.82) is 0 Å². The maximum atomic E-state index is 13.9. The van der Waals surface area contributed by atoms with Gasteiger partial charge in [-0.05, 0) is 48.7 Å². The number of carbonyl (C=O) groups is 1. The van der Waals surface area contributed by atoms with Gasteiger partial charge in [0.2, 0.25) is 6.79 Å². The Morgan fingerprint density at radius 1 is 1.24 bits per heavy atom. The van der Waals surface area contributed by atoms with Crippen molar-refractivity contribution in [3.8, 4) is 17.2 Å². The molecule has 0 saturated carbocycles. The summed E-state index contributed by atoms with van der Waals surface area (Å²) in [6.07, 6.45) is 3.05. The van der Waals surface area contributed by atoms with Gasteiger partial charge in [0, 0.05) is 6.07 Å². The zero-order chi connectivity index (χ0) is 26.1. The van der Waals surface area contributed by atoms with Crippen LogP contribution in [0.4, 0.5) is 0 Å². The van der Waals surface area contributed by atoms with Crippen molar-refractivity contribution in [2.24, 2.45) is 4.99 Å². The van der Waals surface area contributed by atoms with Gasteiger partial charge in [-0.15, -0.1) is 0 Å². The molecule has 3 aromatic rings. The Balaban J connectivity index is 1.75. The zero-order valence-corrected chi connectivity index (χ0v) is 22.1. The molecule has 192 valence electrons. The van der Waals surface area contributed by atoms with E-state index in [1.165, 1.54) is 11.3 Å². The molecule has 0 saturated heterocycles. The van der Waals surface area contributed by atoms with E-state index in [9.17, 15) is 9.59 Å². The number of ether oxygens (including phenoxy) is 4. The molecule has 0 bridgehead atoms. The first kappa shape index (κ1) is 25.1. The standard InChI is InChI=1S/C27H25ClN2O6S/c1-4-7-19-23(26(32)34-5-2)24(15-8-6-9-17(10-15)33-3)30-25(31)22(37-27(30)29-19)12-16-11-20-21(13-18(16)28)36-14-35-20/h6,8-13,24H,4-5,7,14H2,1-3H3/b22-12-/t24-/m1/s1. The molecule has 0 unspecified atom stereocenters. The maximum absolute atomic E-state index is 13.9. The quantitative estimate of drug-likeness (QED) is 0.421. The summed E-state index contributed by atoms with van der Waals surface area (Å²) < 4.78 is 23.7. The van der Waals surface area contributed by atoms with Crippen molar-refractivity contribution < 1.29 is 23.7 Å². The molecular weight excluding hydrogens is 516 g/mol. The summed E-state index contributed by atoms with van der Waals surface area (Å²) >= 11 is 7.72. The Kier molecular flexibility index (Phi) is 7.08. The highest BCUT2D eigenvalue weighted by molar-refractivity contribution is 7.07. The van der Waals surface area contributed by atoms with Crippen molar-refractivity contribution in [1.82, 2.24) is 4.57 Å². The third-order valence-corrected chi connectivity index (χ3v) is 7.39. The van der Waals surface area contributed by atoms with Crippen LogP contribution >= 0.6 is 22.9 Å². The molecule has 0 fully saturated rings. The van der Waals surface area contributed by atoms with E-state index in [-0.39, 0.29) is 19.0 Å². The Bertz CT molecular complexity index is 1590. The van der Waals surface area contributed by atoms with Crippen LogP contribution in [0.2, 0.25) is 5.02 Å². The van der Waals surface area contributed by atoms with Crippen LogP contribution in [0.1, 0.15) is 43.9 Å². The molecular formula is C27H25ClN2O6S. The fourth-order valence-corrected chi connectivity index (χ4v) is 5.65. The zero-order valence-electron chi connectivity index (χ0n) is 20.6. The summed E-state index contributed by atoms with van der Waals surface area (Å²) in [7, 11) is 1.57. The van der Waals surface area contributed by atoms with Crippen LogP contribution in [0.3, 0.4) is 0 Å². The second kappa shape index (κ2) is 10.4. The van der Waals surface area contributed by atoms with Gasteiger partial charge in [0.25, 0.3) is 5.56 Å². The number of carbonyl (C=O) groups excluding carboxylic acids is 1. The number of hydrogen-bond acceptors (Lipinski definition) is 8. The Hall–Kier alpha value is -3.56. The summed E-state index contributed by atoms with van der Waals surface area (Å²) in [6, 6.07) is 10.0. The van der Waals surface area contributed by atoms with Crippen LogP contribution in [0.5, 0.6) is 17.2 Å². The number of halogens is 1. The number of nitrogens with zero attached hydrogens (tertiary/aromatic N) is 2. The van der Waals surface area contributed by atoms with Crippen LogP contribution in [0, 0.1) is 0 Å². The highest BCUT2D eigenvalue weighted by Gasteiger charge is 2.34. The third kappa shape index (κ3) is 4.65. The monoisotopic (exact) mass is 540 g/mol. The fourth-order valence-electron chi connectivity index (χ4n) is 4.43. The van der Waals surface area contributed by atoms with Gasteiger partial charge < -0.3 is 18.9 Å². The van der Waals surface area contributed by atoms with E-state index < -0.39 is 12.0 Å². The number of esters is 1. The molecule has 1 aromatic heterocycles. The van der Waals surface area contributed by atoms with Crippen molar-refractivity contribution in [2.75, 3.05) is 20.5 Å². The fraction of sp³-hybridized carbons (Fsp3) is 0.296. The normalized spacial score (nSPS) is 16.4. The minimum absolute atomic E-state index is 0.120. The Morgan fingerprint density at radius 2 is 2.03 bits per heavy atom. The minimum atomic E-state index is -0.721. The molecule has 3 heterocycles. The average molecular weight is 541 g/mol. The van der Waals surface area contributed by atoms with Gasteiger partial charge in [0.15, 0.2) is 16.3 Å². The molecule has 0 amide bonds. The molecule has 1 atom stereocenters. The smallest absolute Gasteiger partial charge is 0.338 e. The lowest BCUT2D eigenvalue weighted by Gasteiger charge is -2.26. The van der Waals surface area contributed by atoms with Gasteiger partial charge in [-0.1, -0.05) is 48.4 Å². The highest BCUT2D eigenvalue weighted by atomic mass is 35.5. The highest BCUT2D eigenvalue weighted by Crippen LogP contribution is 2.37. The summed E-state index contributed by atoms with van der Waals surface area (Å²) in [5.74, 6) is 1.25. The molecule has 10 heteroatoms. The van der Waals surface area contributed by atoms with E-state index in [0.29, 0.717) is 54.9 Å². The molecule has 0 N–H and O–H groups in total. The number of rotatable bonds is 7. The molecule has 2 aliphatic rings. The number of thiazole rings is 1. The van der Waals surface area contributed by atoms with Crippen LogP contribution in [-0.2, 0) is 9.53 Å². The van der Waals surface area contributed by atoms with E-state index in [1.807, 2.05) is 31.2 Å². The molecule has 8 nitrogen and oxygen atoms in total.